The number of aryl methyl sites for hydroxylation is 1. The lowest BCUT2D eigenvalue weighted by atomic mass is 10.1. The third-order valence-corrected chi connectivity index (χ3v) is 5.99. The number of aromatic nitrogens is 2. The molecule has 1 N–H and O–H groups in total. The summed E-state index contributed by atoms with van der Waals surface area (Å²) in [6.07, 6.45) is 2.38. The van der Waals surface area contributed by atoms with Crippen LogP contribution in [-0.2, 0) is 27.2 Å². The van der Waals surface area contributed by atoms with Gasteiger partial charge < -0.3 is 10.2 Å². The summed E-state index contributed by atoms with van der Waals surface area (Å²) in [5, 5.41) is 2.55. The highest BCUT2D eigenvalue weighted by Gasteiger charge is 2.36. The lowest BCUT2D eigenvalue weighted by Gasteiger charge is -2.25. The molecule has 0 saturated carbocycles. The van der Waals surface area contributed by atoms with Crippen molar-refractivity contribution < 1.29 is 18.8 Å². The van der Waals surface area contributed by atoms with Crippen LogP contribution in [0.4, 0.5) is 10.2 Å². The topological polar surface area (TPSA) is 95.5 Å². The summed E-state index contributed by atoms with van der Waals surface area (Å²) >= 11 is 0. The van der Waals surface area contributed by atoms with E-state index >= 15 is 0 Å². The summed E-state index contributed by atoms with van der Waals surface area (Å²) in [4.78, 5) is 49.2. The first-order valence-electron chi connectivity index (χ1n) is 10.8. The molecule has 32 heavy (non-hydrogen) atoms. The molecule has 0 spiro atoms. The normalized spacial score (nSPS) is 17.6. The monoisotopic (exact) mass is 439 g/mol. The molecular weight excluding hydrogens is 413 g/mol. The predicted octanol–water partition coefficient (Wildman–Crippen LogP) is 1.86. The van der Waals surface area contributed by atoms with E-state index in [0.717, 1.165) is 29.7 Å². The summed E-state index contributed by atoms with van der Waals surface area (Å²) in [5.74, 6) is 0.361. The van der Waals surface area contributed by atoms with Crippen molar-refractivity contribution in [3.63, 3.8) is 0 Å². The van der Waals surface area contributed by atoms with Crippen molar-refractivity contribution in [3.8, 4) is 0 Å². The Kier molecular flexibility index (Phi) is 6.16. The number of hydrogen-bond acceptors (Lipinski definition) is 5. The molecule has 0 radical (unpaired) electrons. The van der Waals surface area contributed by atoms with Gasteiger partial charge in [0.2, 0.25) is 17.7 Å². The van der Waals surface area contributed by atoms with Gasteiger partial charge in [-0.2, -0.15) is 0 Å². The third kappa shape index (κ3) is 4.46. The average Bonchev–Trinajstić information content (AvgIpc) is 3.36. The maximum atomic E-state index is 13.2. The van der Waals surface area contributed by atoms with Crippen LogP contribution in [0.2, 0.25) is 0 Å². The van der Waals surface area contributed by atoms with Crippen LogP contribution >= 0.6 is 0 Å². The van der Waals surface area contributed by atoms with Gasteiger partial charge in [0.25, 0.3) is 0 Å². The van der Waals surface area contributed by atoms with E-state index in [1.54, 1.807) is 21.9 Å². The van der Waals surface area contributed by atoms with Crippen molar-refractivity contribution in [2.24, 2.45) is 0 Å². The highest BCUT2D eigenvalue weighted by Crippen LogP contribution is 2.35. The summed E-state index contributed by atoms with van der Waals surface area (Å²) in [6.45, 7) is 4.19. The van der Waals surface area contributed by atoms with Crippen LogP contribution in [-0.4, -0.2) is 52.2 Å². The zero-order valence-electron chi connectivity index (χ0n) is 18.2. The molecule has 8 nitrogen and oxygen atoms in total. The van der Waals surface area contributed by atoms with Crippen molar-refractivity contribution in [1.29, 1.82) is 0 Å². The Morgan fingerprint density at radius 1 is 1.22 bits per heavy atom. The maximum absolute atomic E-state index is 13.2. The van der Waals surface area contributed by atoms with E-state index in [9.17, 15) is 18.8 Å². The molecule has 2 aliphatic rings. The molecule has 2 aliphatic heterocycles. The van der Waals surface area contributed by atoms with Gasteiger partial charge in [0.1, 0.15) is 11.6 Å². The molecule has 3 amide bonds. The predicted molar refractivity (Wildman–Crippen MR) is 115 cm³/mol. The van der Waals surface area contributed by atoms with Crippen LogP contribution in [0.15, 0.2) is 24.3 Å². The molecule has 168 valence electrons. The zero-order valence-corrected chi connectivity index (χ0v) is 18.2. The molecular formula is C23H26FN5O3. The van der Waals surface area contributed by atoms with E-state index in [4.69, 9.17) is 4.98 Å². The standard InChI is InChI=1S/C23H26FN5O3/c1-14-18-12-20(31)29(11-9-16-5-7-17(24)8-6-16)23(18)27-22(26-14)19-4-3-10-28(19)21(32)13-25-15(2)30/h5-8,19H,3-4,9-13H2,1-2H3,(H,25,30). The Morgan fingerprint density at radius 3 is 2.69 bits per heavy atom. The Labute approximate surface area is 185 Å². The minimum Gasteiger partial charge on any atom is -0.347 e. The van der Waals surface area contributed by atoms with Gasteiger partial charge in [-0.25, -0.2) is 14.4 Å². The number of likely N-dealkylation sites (tertiary alicyclic amines) is 1. The molecule has 3 heterocycles. The first-order valence-corrected chi connectivity index (χ1v) is 10.8. The number of fused-ring (bicyclic) bond motifs is 1. The molecule has 1 aromatic carbocycles. The molecule has 1 unspecified atom stereocenters. The molecule has 4 rings (SSSR count). The Morgan fingerprint density at radius 2 is 1.97 bits per heavy atom. The number of anilines is 1. The Hall–Kier alpha value is -3.36. The van der Waals surface area contributed by atoms with Crippen molar-refractivity contribution in [3.05, 3.63) is 52.7 Å². The molecule has 1 fully saturated rings. The van der Waals surface area contributed by atoms with Crippen molar-refractivity contribution in [1.82, 2.24) is 20.2 Å². The molecule has 1 aromatic heterocycles. The van der Waals surface area contributed by atoms with E-state index in [-0.39, 0.29) is 42.5 Å². The van der Waals surface area contributed by atoms with Gasteiger partial charge in [-0.1, -0.05) is 12.1 Å². The van der Waals surface area contributed by atoms with Crippen molar-refractivity contribution in [2.45, 2.75) is 45.6 Å². The quantitative estimate of drug-likeness (QED) is 0.741. The highest BCUT2D eigenvalue weighted by atomic mass is 19.1. The molecule has 1 atom stereocenters. The largest absolute Gasteiger partial charge is 0.347 e. The van der Waals surface area contributed by atoms with E-state index in [2.05, 4.69) is 10.3 Å². The Bertz CT molecular complexity index is 1060. The molecule has 0 bridgehead atoms. The maximum Gasteiger partial charge on any atom is 0.242 e. The van der Waals surface area contributed by atoms with Crippen LogP contribution in [0.1, 0.15) is 48.5 Å². The number of halogens is 1. The van der Waals surface area contributed by atoms with Crippen molar-refractivity contribution in [2.75, 3.05) is 24.5 Å². The van der Waals surface area contributed by atoms with Crippen LogP contribution in [0.25, 0.3) is 0 Å². The van der Waals surface area contributed by atoms with E-state index < -0.39 is 0 Å². The van der Waals surface area contributed by atoms with E-state index in [1.807, 2.05) is 6.92 Å². The zero-order chi connectivity index (χ0) is 22.8. The van der Waals surface area contributed by atoms with E-state index in [0.29, 0.717) is 31.2 Å². The Balaban J connectivity index is 1.55. The number of benzene rings is 1. The molecule has 0 aliphatic carbocycles. The number of carbonyl (C=O) groups excluding carboxylic acids is 3. The summed E-state index contributed by atoms with van der Waals surface area (Å²) in [6, 6.07) is 5.96. The third-order valence-electron chi connectivity index (χ3n) is 5.99. The summed E-state index contributed by atoms with van der Waals surface area (Å²) in [7, 11) is 0. The van der Waals surface area contributed by atoms with Gasteiger partial charge >= 0.3 is 0 Å². The number of nitrogens with zero attached hydrogens (tertiary/aromatic N) is 4. The average molecular weight is 439 g/mol. The molecule has 1 saturated heterocycles. The van der Waals surface area contributed by atoms with Crippen LogP contribution in [0, 0.1) is 12.7 Å². The van der Waals surface area contributed by atoms with Gasteiger partial charge in [-0.15, -0.1) is 0 Å². The van der Waals surface area contributed by atoms with Gasteiger partial charge in [-0.05, 0) is 43.9 Å². The second-order valence-electron chi connectivity index (χ2n) is 8.22. The fraction of sp³-hybridized carbons (Fsp3) is 0.435. The lowest BCUT2D eigenvalue weighted by molar-refractivity contribution is -0.133. The second-order valence-corrected chi connectivity index (χ2v) is 8.22. The fourth-order valence-corrected chi connectivity index (χ4v) is 4.30. The fourth-order valence-electron chi connectivity index (χ4n) is 4.30. The smallest absolute Gasteiger partial charge is 0.242 e. The van der Waals surface area contributed by atoms with Crippen LogP contribution < -0.4 is 10.2 Å². The van der Waals surface area contributed by atoms with Crippen molar-refractivity contribution >= 4 is 23.5 Å². The first-order chi connectivity index (χ1) is 15.3. The number of amides is 3. The number of carbonyl (C=O) groups is 3. The van der Waals surface area contributed by atoms with Gasteiger partial charge in [0.05, 0.1) is 19.0 Å². The highest BCUT2D eigenvalue weighted by molar-refractivity contribution is 6.00. The lowest BCUT2D eigenvalue weighted by Crippen LogP contribution is -2.39. The van der Waals surface area contributed by atoms with Gasteiger partial charge in [0.15, 0.2) is 5.82 Å². The summed E-state index contributed by atoms with van der Waals surface area (Å²) in [5.41, 5.74) is 2.49. The second kappa shape index (κ2) is 9.02. The van der Waals surface area contributed by atoms with E-state index in [1.165, 1.54) is 19.1 Å². The van der Waals surface area contributed by atoms with Crippen LogP contribution in [0.3, 0.4) is 0 Å². The minimum atomic E-state index is -0.293. The number of hydrogen-bond donors (Lipinski definition) is 1. The number of rotatable bonds is 6. The summed E-state index contributed by atoms with van der Waals surface area (Å²) < 4.78 is 13.2. The molecule has 2 aromatic rings. The first kappa shape index (κ1) is 21.9. The minimum absolute atomic E-state index is 0.0401. The number of nitrogens with one attached hydrogen (secondary N) is 1. The van der Waals surface area contributed by atoms with Gasteiger partial charge in [0, 0.05) is 31.3 Å². The van der Waals surface area contributed by atoms with Crippen LogP contribution in [0.5, 0.6) is 0 Å². The SMILES string of the molecule is CC(=O)NCC(=O)N1CCCC1c1nc(C)c2c(n1)N(CCc1ccc(F)cc1)C(=O)C2. The molecule has 9 heteroatoms. The van der Waals surface area contributed by atoms with Gasteiger partial charge in [-0.3, -0.25) is 19.3 Å².